The predicted molar refractivity (Wildman–Crippen MR) is 36.6 cm³/mol. The minimum atomic E-state index is -4.96. The Morgan fingerprint density at radius 3 is 1.92 bits per heavy atom. The molecular formula is C7H7AsNa2O3. The van der Waals surface area contributed by atoms with E-state index in [1.54, 1.807) is 30.3 Å². The van der Waals surface area contributed by atoms with Crippen molar-refractivity contribution >= 4 is 14.2 Å². The molecule has 1 rings (SSSR count). The summed E-state index contributed by atoms with van der Waals surface area (Å²) in [5.41, 5.74) is 0.569. The first-order chi connectivity index (χ1) is 5.08. The fourth-order valence-corrected chi connectivity index (χ4v) is 2.19. The largest absolute Gasteiger partial charge is 1.00 e. The molecule has 0 N–H and O–H groups in total. The standard InChI is InChI=1S/C7H9AsO3.2Na/c9-8(10,11)6-7-4-2-1-3-5-7;;/h1-5H,6H2,(H2,9,10,11);;/q;2*+1/p-2. The molecule has 0 aliphatic rings. The molecule has 0 saturated carbocycles. The van der Waals surface area contributed by atoms with Crippen molar-refractivity contribution in [1.29, 1.82) is 0 Å². The molecule has 0 aromatic heterocycles. The Hall–Kier alpha value is 1.50. The van der Waals surface area contributed by atoms with Gasteiger partial charge >= 0.3 is 126 Å². The Balaban J connectivity index is 0. The van der Waals surface area contributed by atoms with E-state index < -0.39 is 14.2 Å². The van der Waals surface area contributed by atoms with Gasteiger partial charge in [0.05, 0.1) is 0 Å². The molecular weight excluding hydrogens is 253 g/mol. The van der Waals surface area contributed by atoms with E-state index in [1.807, 2.05) is 0 Å². The van der Waals surface area contributed by atoms with E-state index in [0.717, 1.165) is 0 Å². The van der Waals surface area contributed by atoms with Crippen molar-refractivity contribution in [3.8, 4) is 0 Å². The van der Waals surface area contributed by atoms with Gasteiger partial charge in [0, 0.05) is 0 Å². The van der Waals surface area contributed by atoms with Gasteiger partial charge in [-0.25, -0.2) is 0 Å². The Labute approximate surface area is 125 Å². The SMILES string of the molecule is O=[As]([O-])([O-])Cc1ccccc1.[Na+].[Na+]. The van der Waals surface area contributed by atoms with E-state index in [-0.39, 0.29) is 64.3 Å². The number of rotatable bonds is 2. The molecule has 0 bridgehead atoms. The maximum absolute atomic E-state index is 10.3. The third kappa shape index (κ3) is 8.49. The second-order valence-electron chi connectivity index (χ2n) is 2.25. The predicted octanol–water partition coefficient (Wildman–Crippen LogP) is -7.13. The van der Waals surface area contributed by atoms with Crippen LogP contribution in [0.3, 0.4) is 0 Å². The zero-order valence-electron chi connectivity index (χ0n) is 7.77. The molecule has 3 nitrogen and oxygen atoms in total. The van der Waals surface area contributed by atoms with Crippen LogP contribution >= 0.6 is 0 Å². The molecule has 0 unspecified atom stereocenters. The monoisotopic (exact) mass is 260 g/mol. The van der Waals surface area contributed by atoms with Crippen molar-refractivity contribution in [2.45, 2.75) is 5.21 Å². The van der Waals surface area contributed by atoms with Gasteiger partial charge in [-0.1, -0.05) is 0 Å². The quantitative estimate of drug-likeness (QED) is 0.496. The fourth-order valence-electron chi connectivity index (χ4n) is 0.807. The summed E-state index contributed by atoms with van der Waals surface area (Å²) >= 11 is -4.96. The summed E-state index contributed by atoms with van der Waals surface area (Å²) < 4.78 is 31.0. The Kier molecular flexibility index (Phi) is 10.1. The van der Waals surface area contributed by atoms with Crippen molar-refractivity contribution in [1.82, 2.24) is 0 Å². The Bertz CT molecular complexity index is 272. The average Bonchev–Trinajstić information content (AvgIpc) is 1.85. The Morgan fingerprint density at radius 2 is 1.54 bits per heavy atom. The first-order valence-corrected chi connectivity index (χ1v) is 6.75. The summed E-state index contributed by atoms with van der Waals surface area (Å²) in [6.45, 7) is 0. The van der Waals surface area contributed by atoms with Crippen LogP contribution in [0.15, 0.2) is 30.3 Å². The van der Waals surface area contributed by atoms with Crippen LogP contribution in [0.2, 0.25) is 0 Å². The summed E-state index contributed by atoms with van der Waals surface area (Å²) in [7, 11) is 0. The third-order valence-electron chi connectivity index (χ3n) is 1.22. The number of benzene rings is 1. The molecule has 0 radical (unpaired) electrons. The molecule has 0 spiro atoms. The summed E-state index contributed by atoms with van der Waals surface area (Å²) in [4.78, 5) is 0. The molecule has 1 aromatic rings. The van der Waals surface area contributed by atoms with Gasteiger partial charge in [-0.05, 0) is 0 Å². The van der Waals surface area contributed by atoms with E-state index in [0.29, 0.717) is 5.56 Å². The molecule has 0 aliphatic carbocycles. The van der Waals surface area contributed by atoms with Crippen LogP contribution in [-0.2, 0) is 8.95 Å². The smallest absolute Gasteiger partial charge is 1.00 e. The van der Waals surface area contributed by atoms with Gasteiger partial charge in [0.15, 0.2) is 0 Å². The van der Waals surface area contributed by atoms with Crippen LogP contribution in [0.1, 0.15) is 5.56 Å². The molecule has 0 amide bonds. The van der Waals surface area contributed by atoms with Crippen molar-refractivity contribution in [3.63, 3.8) is 0 Å². The summed E-state index contributed by atoms with van der Waals surface area (Å²) in [6, 6.07) is 8.45. The Morgan fingerprint density at radius 1 is 1.08 bits per heavy atom. The van der Waals surface area contributed by atoms with Crippen molar-refractivity contribution in [2.24, 2.45) is 0 Å². The summed E-state index contributed by atoms with van der Waals surface area (Å²) in [5.74, 6) is 0. The molecule has 1 aromatic carbocycles. The average molecular weight is 260 g/mol. The zero-order valence-corrected chi connectivity index (χ0v) is 13.6. The maximum atomic E-state index is 10.3. The van der Waals surface area contributed by atoms with E-state index in [2.05, 4.69) is 0 Å². The normalized spacial score (nSPS) is 9.69. The molecule has 0 heterocycles. The topological polar surface area (TPSA) is 63.2 Å². The van der Waals surface area contributed by atoms with Crippen LogP contribution in [0.5, 0.6) is 0 Å². The zero-order chi connectivity index (χ0) is 8.32. The summed E-state index contributed by atoms with van der Waals surface area (Å²) in [6.07, 6.45) is 0. The van der Waals surface area contributed by atoms with Gasteiger partial charge < -0.3 is 0 Å². The van der Waals surface area contributed by atoms with Gasteiger partial charge in [-0.3, -0.25) is 0 Å². The maximum Gasteiger partial charge on any atom is 1.00 e. The first-order valence-electron chi connectivity index (χ1n) is 3.13. The van der Waals surface area contributed by atoms with Gasteiger partial charge in [0.2, 0.25) is 0 Å². The minimum Gasteiger partial charge on any atom is 1.00 e. The van der Waals surface area contributed by atoms with Gasteiger partial charge in [0.1, 0.15) is 0 Å². The van der Waals surface area contributed by atoms with Crippen LogP contribution in [0.4, 0.5) is 0 Å². The van der Waals surface area contributed by atoms with E-state index in [9.17, 15) is 11.9 Å². The van der Waals surface area contributed by atoms with E-state index >= 15 is 0 Å². The second-order valence-corrected chi connectivity index (χ2v) is 5.48. The van der Waals surface area contributed by atoms with Crippen LogP contribution in [0.25, 0.3) is 0 Å². The molecule has 60 valence electrons. The van der Waals surface area contributed by atoms with E-state index in [4.69, 9.17) is 0 Å². The molecule has 0 atom stereocenters. The fraction of sp³-hybridized carbons (Fsp3) is 0.143. The molecule has 0 saturated heterocycles. The molecule has 13 heavy (non-hydrogen) atoms. The summed E-state index contributed by atoms with van der Waals surface area (Å²) in [5, 5.41) is -0.334. The van der Waals surface area contributed by atoms with Crippen molar-refractivity contribution < 1.29 is 71.0 Å². The third-order valence-corrected chi connectivity index (χ3v) is 2.80. The second kappa shape index (κ2) is 7.75. The van der Waals surface area contributed by atoms with Gasteiger partial charge in [0.25, 0.3) is 0 Å². The minimum absolute atomic E-state index is 0. The van der Waals surface area contributed by atoms with Crippen molar-refractivity contribution in [2.75, 3.05) is 0 Å². The van der Waals surface area contributed by atoms with Gasteiger partial charge in [-0.15, -0.1) is 0 Å². The molecule has 0 aliphatic heterocycles. The van der Waals surface area contributed by atoms with Crippen LogP contribution < -0.4 is 67.3 Å². The first kappa shape index (κ1) is 16.9. The number of hydrogen-bond acceptors (Lipinski definition) is 3. The van der Waals surface area contributed by atoms with Crippen LogP contribution in [-0.4, -0.2) is 14.2 Å². The van der Waals surface area contributed by atoms with Crippen molar-refractivity contribution in [3.05, 3.63) is 35.9 Å². The van der Waals surface area contributed by atoms with Gasteiger partial charge in [-0.2, -0.15) is 0 Å². The molecule has 0 fully saturated rings. The molecule has 6 heteroatoms. The number of hydrogen-bond donors (Lipinski definition) is 0. The van der Waals surface area contributed by atoms with Crippen LogP contribution in [0, 0.1) is 0 Å². The van der Waals surface area contributed by atoms with E-state index in [1.165, 1.54) is 0 Å².